The van der Waals surface area contributed by atoms with E-state index in [1.54, 1.807) is 17.2 Å². The lowest BCUT2D eigenvalue weighted by Crippen LogP contribution is -2.38. The van der Waals surface area contributed by atoms with Gasteiger partial charge < -0.3 is 9.64 Å². The van der Waals surface area contributed by atoms with Gasteiger partial charge in [0.05, 0.1) is 0 Å². The summed E-state index contributed by atoms with van der Waals surface area (Å²) in [6.45, 7) is 7.89. The molecule has 0 bridgehead atoms. The van der Waals surface area contributed by atoms with E-state index in [4.69, 9.17) is 16.3 Å². The number of halogens is 1. The molecule has 1 aromatic rings. The third-order valence-corrected chi connectivity index (χ3v) is 3.88. The van der Waals surface area contributed by atoms with Crippen molar-refractivity contribution in [2.75, 3.05) is 20.1 Å². The summed E-state index contributed by atoms with van der Waals surface area (Å²) in [5.74, 6) is 0. The highest BCUT2D eigenvalue weighted by molar-refractivity contribution is 6.29. The Morgan fingerprint density at radius 1 is 1.50 bits per heavy atom. The van der Waals surface area contributed by atoms with Crippen molar-refractivity contribution in [3.8, 4) is 0 Å². The standard InChI is InChI=1S/C16H24ClN3O2/c1-16(2,3)22-15(21)20-8-7-13(11-20)19(4)10-12-5-6-14(17)18-9-12/h5-6,9,13H,7-8,10-11H2,1-4H3/t13-/m1/s1. The van der Waals surface area contributed by atoms with Gasteiger partial charge in [-0.1, -0.05) is 17.7 Å². The summed E-state index contributed by atoms with van der Waals surface area (Å²) < 4.78 is 5.42. The van der Waals surface area contributed by atoms with E-state index in [1.165, 1.54) is 0 Å². The van der Waals surface area contributed by atoms with Crippen molar-refractivity contribution in [1.82, 2.24) is 14.8 Å². The Hall–Kier alpha value is -1.33. The summed E-state index contributed by atoms with van der Waals surface area (Å²) in [5.41, 5.74) is 0.665. The summed E-state index contributed by atoms with van der Waals surface area (Å²) in [7, 11) is 2.07. The van der Waals surface area contributed by atoms with Gasteiger partial charge in [0.2, 0.25) is 0 Å². The molecule has 1 aromatic heterocycles. The zero-order valence-corrected chi connectivity index (χ0v) is 14.4. The van der Waals surface area contributed by atoms with Gasteiger partial charge in [-0.15, -0.1) is 0 Å². The molecule has 0 N–H and O–H groups in total. The Morgan fingerprint density at radius 3 is 2.82 bits per heavy atom. The van der Waals surface area contributed by atoms with E-state index in [-0.39, 0.29) is 6.09 Å². The Labute approximate surface area is 137 Å². The average Bonchev–Trinajstić information content (AvgIpc) is 2.89. The number of hydrogen-bond donors (Lipinski definition) is 0. The summed E-state index contributed by atoms with van der Waals surface area (Å²) in [6.07, 6.45) is 2.52. The van der Waals surface area contributed by atoms with Crippen molar-refractivity contribution < 1.29 is 9.53 Å². The number of ether oxygens (including phenoxy) is 1. The van der Waals surface area contributed by atoms with Gasteiger partial charge in [-0.2, -0.15) is 0 Å². The Balaban J connectivity index is 1.87. The molecule has 2 heterocycles. The summed E-state index contributed by atoms with van der Waals surface area (Å²) in [6, 6.07) is 4.11. The predicted molar refractivity (Wildman–Crippen MR) is 86.9 cm³/mol. The lowest BCUT2D eigenvalue weighted by molar-refractivity contribution is 0.0282. The molecular formula is C16H24ClN3O2. The van der Waals surface area contributed by atoms with Gasteiger partial charge in [0.15, 0.2) is 0 Å². The normalized spacial score (nSPS) is 18.8. The van der Waals surface area contributed by atoms with Crippen LogP contribution in [0.2, 0.25) is 5.15 Å². The van der Waals surface area contributed by atoms with E-state index >= 15 is 0 Å². The van der Waals surface area contributed by atoms with Crippen LogP contribution in [0.5, 0.6) is 0 Å². The molecule has 0 radical (unpaired) electrons. The molecule has 0 saturated carbocycles. The quantitative estimate of drug-likeness (QED) is 0.801. The third-order valence-electron chi connectivity index (χ3n) is 3.66. The second-order valence-corrected chi connectivity index (χ2v) is 7.16. The molecule has 22 heavy (non-hydrogen) atoms. The van der Waals surface area contributed by atoms with Crippen LogP contribution in [0.4, 0.5) is 4.79 Å². The zero-order valence-electron chi connectivity index (χ0n) is 13.7. The second kappa shape index (κ2) is 6.84. The fourth-order valence-electron chi connectivity index (χ4n) is 2.51. The number of carbonyl (C=O) groups excluding carboxylic acids is 1. The maximum atomic E-state index is 12.1. The Kier molecular flexibility index (Phi) is 5.29. The number of rotatable bonds is 3. The van der Waals surface area contributed by atoms with E-state index in [9.17, 15) is 4.79 Å². The molecular weight excluding hydrogens is 302 g/mol. The highest BCUT2D eigenvalue weighted by atomic mass is 35.5. The van der Waals surface area contributed by atoms with Gasteiger partial charge in [0, 0.05) is 31.9 Å². The minimum absolute atomic E-state index is 0.225. The summed E-state index contributed by atoms with van der Waals surface area (Å²) in [5, 5.41) is 0.503. The summed E-state index contributed by atoms with van der Waals surface area (Å²) in [4.78, 5) is 20.2. The lowest BCUT2D eigenvalue weighted by atomic mass is 10.2. The number of likely N-dealkylation sites (N-methyl/N-ethyl adjacent to an activating group) is 1. The number of carbonyl (C=O) groups is 1. The van der Waals surface area contributed by atoms with Crippen LogP contribution in [0, 0.1) is 0 Å². The average molecular weight is 326 g/mol. The van der Waals surface area contributed by atoms with Gasteiger partial charge >= 0.3 is 6.09 Å². The molecule has 2 rings (SSSR count). The first-order valence-corrected chi connectivity index (χ1v) is 7.91. The molecule has 1 aliphatic heterocycles. The predicted octanol–water partition coefficient (Wildman–Crippen LogP) is 3.18. The van der Waals surface area contributed by atoms with Crippen LogP contribution in [-0.4, -0.2) is 52.7 Å². The fourth-order valence-corrected chi connectivity index (χ4v) is 2.62. The van der Waals surface area contributed by atoms with Crippen molar-refractivity contribution in [1.29, 1.82) is 0 Å². The lowest BCUT2D eigenvalue weighted by Gasteiger charge is -2.26. The first kappa shape index (κ1) is 17.0. The van der Waals surface area contributed by atoms with Crippen molar-refractivity contribution in [3.05, 3.63) is 29.0 Å². The zero-order chi connectivity index (χ0) is 16.3. The van der Waals surface area contributed by atoms with Crippen LogP contribution in [0.15, 0.2) is 18.3 Å². The van der Waals surface area contributed by atoms with Crippen LogP contribution in [0.25, 0.3) is 0 Å². The van der Waals surface area contributed by atoms with Crippen LogP contribution in [0.3, 0.4) is 0 Å². The van der Waals surface area contributed by atoms with Crippen molar-refractivity contribution in [3.63, 3.8) is 0 Å². The van der Waals surface area contributed by atoms with Crippen LogP contribution in [-0.2, 0) is 11.3 Å². The summed E-state index contributed by atoms with van der Waals surface area (Å²) >= 11 is 5.80. The van der Waals surface area contributed by atoms with Crippen molar-refractivity contribution in [2.45, 2.75) is 45.4 Å². The molecule has 5 nitrogen and oxygen atoms in total. The highest BCUT2D eigenvalue weighted by Crippen LogP contribution is 2.19. The van der Waals surface area contributed by atoms with Gasteiger partial charge in [-0.3, -0.25) is 4.90 Å². The first-order chi connectivity index (χ1) is 10.2. The molecule has 0 aliphatic carbocycles. The number of hydrogen-bond acceptors (Lipinski definition) is 4. The first-order valence-electron chi connectivity index (χ1n) is 7.53. The van der Waals surface area contributed by atoms with Gasteiger partial charge in [0.25, 0.3) is 0 Å². The minimum atomic E-state index is -0.448. The molecule has 1 saturated heterocycles. The molecule has 1 fully saturated rings. The SMILES string of the molecule is CN(Cc1ccc(Cl)nc1)[C@@H]1CCN(C(=O)OC(C)(C)C)C1. The molecule has 6 heteroatoms. The van der Waals surface area contributed by atoms with Crippen molar-refractivity contribution >= 4 is 17.7 Å². The molecule has 0 unspecified atom stereocenters. The van der Waals surface area contributed by atoms with E-state index in [1.807, 2.05) is 26.8 Å². The smallest absolute Gasteiger partial charge is 0.410 e. The van der Waals surface area contributed by atoms with Crippen LogP contribution < -0.4 is 0 Å². The van der Waals surface area contributed by atoms with Gasteiger partial charge in [0.1, 0.15) is 10.8 Å². The highest BCUT2D eigenvalue weighted by Gasteiger charge is 2.31. The van der Waals surface area contributed by atoms with Crippen LogP contribution in [0.1, 0.15) is 32.8 Å². The minimum Gasteiger partial charge on any atom is -0.444 e. The van der Waals surface area contributed by atoms with E-state index < -0.39 is 5.60 Å². The third kappa shape index (κ3) is 4.85. The monoisotopic (exact) mass is 325 g/mol. The number of amides is 1. The van der Waals surface area contributed by atoms with Crippen LogP contribution >= 0.6 is 11.6 Å². The van der Waals surface area contributed by atoms with E-state index in [0.717, 1.165) is 25.1 Å². The molecule has 1 amide bonds. The molecule has 122 valence electrons. The second-order valence-electron chi connectivity index (χ2n) is 6.77. The van der Waals surface area contributed by atoms with E-state index in [2.05, 4.69) is 16.9 Å². The van der Waals surface area contributed by atoms with Crippen molar-refractivity contribution in [2.24, 2.45) is 0 Å². The van der Waals surface area contributed by atoms with Gasteiger partial charge in [-0.25, -0.2) is 9.78 Å². The molecule has 0 aromatic carbocycles. The number of pyridine rings is 1. The number of likely N-dealkylation sites (tertiary alicyclic amines) is 1. The number of aromatic nitrogens is 1. The largest absolute Gasteiger partial charge is 0.444 e. The molecule has 1 atom stereocenters. The molecule has 0 spiro atoms. The molecule has 1 aliphatic rings. The van der Waals surface area contributed by atoms with E-state index in [0.29, 0.717) is 17.7 Å². The van der Waals surface area contributed by atoms with Gasteiger partial charge in [-0.05, 0) is 45.9 Å². The Morgan fingerprint density at radius 2 is 2.23 bits per heavy atom. The fraction of sp³-hybridized carbons (Fsp3) is 0.625. The maximum Gasteiger partial charge on any atom is 0.410 e. The topological polar surface area (TPSA) is 45.7 Å². The number of nitrogens with zero attached hydrogens (tertiary/aromatic N) is 3. The Bertz CT molecular complexity index is 513. The maximum absolute atomic E-state index is 12.1.